The molecule has 4 atom stereocenters. The van der Waals surface area contributed by atoms with Crippen molar-refractivity contribution in [3.05, 3.63) is 48.6 Å². The van der Waals surface area contributed by atoms with Gasteiger partial charge in [-0.25, -0.2) is 4.57 Å². The molecule has 0 saturated carbocycles. The molecule has 0 aliphatic heterocycles. The molecule has 0 aliphatic rings. The van der Waals surface area contributed by atoms with Crippen molar-refractivity contribution in [1.29, 1.82) is 0 Å². The van der Waals surface area contributed by atoms with Crippen molar-refractivity contribution < 1.29 is 52.6 Å². The van der Waals surface area contributed by atoms with Gasteiger partial charge < -0.3 is 30.3 Å². The summed E-state index contributed by atoms with van der Waals surface area (Å²) in [6, 6.07) is -1.54. The molecule has 330 valence electrons. The maximum absolute atomic E-state index is 12.6. The fraction of sp³-hybridized carbons (Fsp3) is 0.750. The number of carboxylic acids is 1. The summed E-state index contributed by atoms with van der Waals surface area (Å²) >= 11 is 0. The summed E-state index contributed by atoms with van der Waals surface area (Å²) in [7, 11) is -4.74. The number of allylic oxidation sites excluding steroid dienone is 8. The topological polar surface area (TPSA) is 192 Å². The molecule has 0 aromatic carbocycles. The van der Waals surface area contributed by atoms with Gasteiger partial charge in [0.15, 0.2) is 6.10 Å². The van der Waals surface area contributed by atoms with E-state index >= 15 is 0 Å². The molecule has 13 heteroatoms. The standard InChI is InChI=1S/C44H78NO11P/c1-3-4-5-6-7-8-9-10-12-16-19-22-25-28-31-34-42(47)53-36-40(37-54-57(51,52)55-38-41(45)44(49)50)56-43(48)35-32-29-26-23-20-17-14-11-13-15-18-21-24-27-30-33-39(2)46/h13-15,17,21,23-24,26,39-41,46H,3-12,16,18-20,22,25,27-38,45H2,1-2H3,(H,49,50)(H,51,52)/b15-13-,17-14-,24-21-,26-23-/t39-,40+,41-/m0/s1. The van der Waals surface area contributed by atoms with Gasteiger partial charge in [0.2, 0.25) is 0 Å². The first-order chi connectivity index (χ1) is 27.5. The van der Waals surface area contributed by atoms with Gasteiger partial charge in [-0.15, -0.1) is 0 Å². The highest BCUT2D eigenvalue weighted by molar-refractivity contribution is 7.47. The van der Waals surface area contributed by atoms with E-state index in [1.807, 2.05) is 19.1 Å². The van der Waals surface area contributed by atoms with Crippen molar-refractivity contribution in [2.45, 2.75) is 193 Å². The van der Waals surface area contributed by atoms with Gasteiger partial charge in [0, 0.05) is 12.8 Å². The zero-order valence-electron chi connectivity index (χ0n) is 35.3. The fourth-order valence-electron chi connectivity index (χ4n) is 5.66. The Balaban J connectivity index is 4.46. The molecule has 0 radical (unpaired) electrons. The molecule has 0 aliphatic carbocycles. The summed E-state index contributed by atoms with van der Waals surface area (Å²) in [5.74, 6) is -2.47. The van der Waals surface area contributed by atoms with E-state index in [-0.39, 0.29) is 25.6 Å². The average molecular weight is 828 g/mol. The second-order valence-electron chi connectivity index (χ2n) is 14.8. The summed E-state index contributed by atoms with van der Waals surface area (Å²) in [5, 5.41) is 18.1. The lowest BCUT2D eigenvalue weighted by Gasteiger charge is -2.20. The first-order valence-corrected chi connectivity index (χ1v) is 23.2. The molecule has 0 aromatic rings. The van der Waals surface area contributed by atoms with Crippen LogP contribution in [-0.2, 0) is 37.5 Å². The lowest BCUT2D eigenvalue weighted by molar-refractivity contribution is -0.161. The Kier molecular flexibility index (Phi) is 37.1. The van der Waals surface area contributed by atoms with Gasteiger partial charge in [-0.2, -0.15) is 0 Å². The lowest BCUT2D eigenvalue weighted by atomic mass is 10.0. The van der Waals surface area contributed by atoms with Crippen LogP contribution in [0, 0.1) is 0 Å². The third kappa shape index (κ3) is 40.0. The van der Waals surface area contributed by atoms with E-state index < -0.39 is 51.1 Å². The van der Waals surface area contributed by atoms with Gasteiger partial charge >= 0.3 is 25.7 Å². The molecule has 0 aromatic heterocycles. The zero-order chi connectivity index (χ0) is 42.2. The van der Waals surface area contributed by atoms with Crippen molar-refractivity contribution in [2.24, 2.45) is 5.73 Å². The van der Waals surface area contributed by atoms with Crippen LogP contribution in [0.5, 0.6) is 0 Å². The fourth-order valence-corrected chi connectivity index (χ4v) is 6.44. The highest BCUT2D eigenvalue weighted by Gasteiger charge is 2.28. The molecule has 5 N–H and O–H groups in total. The molecule has 0 amide bonds. The normalized spacial score (nSPS) is 14.8. The van der Waals surface area contributed by atoms with Crippen molar-refractivity contribution in [3.63, 3.8) is 0 Å². The minimum Gasteiger partial charge on any atom is -0.480 e. The van der Waals surface area contributed by atoms with Gasteiger partial charge in [-0.1, -0.05) is 145 Å². The monoisotopic (exact) mass is 828 g/mol. The molecule has 1 unspecified atom stereocenters. The average Bonchev–Trinajstić information content (AvgIpc) is 3.17. The molecule has 0 fully saturated rings. The number of aliphatic hydroxyl groups is 1. The largest absolute Gasteiger partial charge is 0.480 e. The number of esters is 2. The van der Waals surface area contributed by atoms with Crippen molar-refractivity contribution in [1.82, 2.24) is 0 Å². The summed E-state index contributed by atoms with van der Waals surface area (Å²) < 4.78 is 32.6. The van der Waals surface area contributed by atoms with E-state index in [0.29, 0.717) is 19.3 Å². The quantitative estimate of drug-likeness (QED) is 0.0198. The number of nitrogens with two attached hydrogens (primary N) is 1. The summed E-state index contributed by atoms with van der Waals surface area (Å²) in [4.78, 5) is 45.9. The highest BCUT2D eigenvalue weighted by atomic mass is 31.2. The van der Waals surface area contributed by atoms with Crippen LogP contribution in [0.25, 0.3) is 0 Å². The van der Waals surface area contributed by atoms with Gasteiger partial charge in [-0.3, -0.25) is 23.4 Å². The lowest BCUT2D eigenvalue weighted by Crippen LogP contribution is -2.34. The molecule has 0 spiro atoms. The van der Waals surface area contributed by atoms with E-state index in [2.05, 4.69) is 47.9 Å². The molecule has 0 saturated heterocycles. The van der Waals surface area contributed by atoms with Gasteiger partial charge in [0.1, 0.15) is 12.6 Å². The van der Waals surface area contributed by atoms with Gasteiger partial charge in [-0.05, 0) is 64.7 Å². The van der Waals surface area contributed by atoms with Crippen LogP contribution in [0.1, 0.15) is 174 Å². The Labute approximate surface area is 344 Å². The number of carboxylic acid groups (broad SMARTS) is 1. The summed E-state index contributed by atoms with van der Waals surface area (Å²) in [6.45, 7) is 2.29. The van der Waals surface area contributed by atoms with Crippen LogP contribution in [0.3, 0.4) is 0 Å². The predicted molar refractivity (Wildman–Crippen MR) is 228 cm³/mol. The first kappa shape index (κ1) is 54.4. The first-order valence-electron chi connectivity index (χ1n) is 21.7. The number of hydrogen-bond acceptors (Lipinski definition) is 10. The molecular formula is C44H78NO11P. The van der Waals surface area contributed by atoms with E-state index in [1.54, 1.807) is 0 Å². The molecule has 0 bridgehead atoms. The Morgan fingerprint density at radius 3 is 1.54 bits per heavy atom. The number of aliphatic carboxylic acids is 1. The Hall–Kier alpha value is -2.60. The third-order valence-electron chi connectivity index (χ3n) is 9.10. The van der Waals surface area contributed by atoms with Crippen LogP contribution in [0.15, 0.2) is 48.6 Å². The number of hydrogen-bond donors (Lipinski definition) is 4. The third-order valence-corrected chi connectivity index (χ3v) is 10.0. The molecular weight excluding hydrogens is 749 g/mol. The minimum absolute atomic E-state index is 0.0737. The maximum atomic E-state index is 12.6. The molecule has 12 nitrogen and oxygen atoms in total. The van der Waals surface area contributed by atoms with E-state index in [1.165, 1.54) is 70.6 Å². The zero-order valence-corrected chi connectivity index (χ0v) is 36.2. The number of carbonyl (C=O) groups is 3. The van der Waals surface area contributed by atoms with E-state index in [4.69, 9.17) is 24.8 Å². The number of phosphoric ester groups is 1. The van der Waals surface area contributed by atoms with Crippen LogP contribution in [0.4, 0.5) is 0 Å². The molecule has 0 rings (SSSR count). The van der Waals surface area contributed by atoms with Crippen LogP contribution < -0.4 is 5.73 Å². The number of aliphatic hydroxyl groups excluding tert-OH is 1. The Morgan fingerprint density at radius 1 is 0.614 bits per heavy atom. The molecule has 0 heterocycles. The number of carbonyl (C=O) groups excluding carboxylic acids is 2. The number of phosphoric acid groups is 1. The minimum atomic E-state index is -4.74. The summed E-state index contributed by atoms with van der Waals surface area (Å²) in [6.07, 6.45) is 40.3. The number of rotatable bonds is 40. The predicted octanol–water partition coefficient (Wildman–Crippen LogP) is 10.4. The van der Waals surface area contributed by atoms with Crippen molar-refractivity contribution >= 4 is 25.7 Å². The van der Waals surface area contributed by atoms with Crippen LogP contribution in [-0.4, -0.2) is 71.1 Å². The van der Waals surface area contributed by atoms with Gasteiger partial charge in [0.25, 0.3) is 0 Å². The second kappa shape index (κ2) is 38.9. The van der Waals surface area contributed by atoms with Crippen molar-refractivity contribution in [3.8, 4) is 0 Å². The number of ether oxygens (including phenoxy) is 2. The maximum Gasteiger partial charge on any atom is 0.472 e. The second-order valence-corrected chi connectivity index (χ2v) is 16.2. The van der Waals surface area contributed by atoms with E-state index in [9.17, 15) is 28.9 Å². The Morgan fingerprint density at radius 2 is 1.05 bits per heavy atom. The smallest absolute Gasteiger partial charge is 0.472 e. The number of unbranched alkanes of at least 4 members (excludes halogenated alkanes) is 16. The van der Waals surface area contributed by atoms with Crippen LogP contribution >= 0.6 is 7.82 Å². The van der Waals surface area contributed by atoms with Crippen LogP contribution in [0.2, 0.25) is 0 Å². The van der Waals surface area contributed by atoms with Crippen molar-refractivity contribution in [2.75, 3.05) is 19.8 Å². The van der Waals surface area contributed by atoms with E-state index in [0.717, 1.165) is 57.8 Å². The summed E-state index contributed by atoms with van der Waals surface area (Å²) in [5.41, 5.74) is 5.32. The molecule has 57 heavy (non-hydrogen) atoms. The Bertz CT molecular complexity index is 1170. The highest BCUT2D eigenvalue weighted by Crippen LogP contribution is 2.43. The SMILES string of the molecule is CCCCCCCCCCCCCCCCCC(=O)OC[C@H](COP(=O)(O)OC[C@H](N)C(=O)O)OC(=O)CCC/C=C\C/C=C\C/C=C\C/C=C\CCC[C@H](C)O. The van der Waals surface area contributed by atoms with Gasteiger partial charge in [0.05, 0.1) is 19.3 Å².